The molecule has 0 atom stereocenters. The van der Waals surface area contributed by atoms with Gasteiger partial charge in [-0.05, 0) is 17.7 Å². The van der Waals surface area contributed by atoms with E-state index in [1.165, 1.54) is 12.1 Å². The quantitative estimate of drug-likeness (QED) is 0.435. The van der Waals surface area contributed by atoms with Crippen molar-refractivity contribution < 1.29 is 23.3 Å². The SMILES string of the molecule is Fc1ccc(-c2cc[c-]cc2)cc1.[Li+]. The third-order valence-corrected chi connectivity index (χ3v) is 1.90. The number of halogens is 1. The Hall–Kier alpha value is -1.03. The van der Waals surface area contributed by atoms with Crippen molar-refractivity contribution in [1.82, 2.24) is 0 Å². The van der Waals surface area contributed by atoms with Gasteiger partial charge in [-0.3, -0.25) is 0 Å². The first-order chi connectivity index (χ1) is 6.36. The fraction of sp³-hybridized carbons (Fsp3) is 0. The second kappa shape index (κ2) is 5.00. The average molecular weight is 178 g/mol. The number of hydrogen-bond acceptors (Lipinski definition) is 0. The van der Waals surface area contributed by atoms with Crippen molar-refractivity contribution in [1.29, 1.82) is 0 Å². The molecule has 0 aliphatic heterocycles. The van der Waals surface area contributed by atoms with Crippen molar-refractivity contribution in [2.45, 2.75) is 0 Å². The minimum atomic E-state index is -0.203. The second-order valence-electron chi connectivity index (χ2n) is 2.80. The van der Waals surface area contributed by atoms with Crippen molar-refractivity contribution in [3.63, 3.8) is 0 Å². The maximum absolute atomic E-state index is 12.6. The third-order valence-electron chi connectivity index (χ3n) is 1.90. The normalized spacial score (nSPS) is 9.21. The number of benzene rings is 2. The summed E-state index contributed by atoms with van der Waals surface area (Å²) in [5, 5.41) is 0. The van der Waals surface area contributed by atoms with Crippen molar-refractivity contribution in [2.75, 3.05) is 0 Å². The molecule has 0 unspecified atom stereocenters. The monoisotopic (exact) mass is 178 g/mol. The molecule has 0 radical (unpaired) electrons. The molecular formula is C12H8FLi. The Bertz CT molecular complexity index is 381. The van der Waals surface area contributed by atoms with Gasteiger partial charge in [-0.25, -0.2) is 4.39 Å². The topological polar surface area (TPSA) is 0 Å². The molecule has 0 nitrogen and oxygen atoms in total. The van der Waals surface area contributed by atoms with Crippen LogP contribution in [0.2, 0.25) is 0 Å². The summed E-state index contributed by atoms with van der Waals surface area (Å²) in [6.07, 6.45) is 0. The Kier molecular flexibility index (Phi) is 3.94. The summed E-state index contributed by atoms with van der Waals surface area (Å²) in [6.45, 7) is 0. The van der Waals surface area contributed by atoms with E-state index >= 15 is 0 Å². The van der Waals surface area contributed by atoms with Crippen LogP contribution in [-0.2, 0) is 0 Å². The first-order valence-electron chi connectivity index (χ1n) is 4.08. The molecule has 0 saturated carbocycles. The van der Waals surface area contributed by atoms with Gasteiger partial charge in [-0.1, -0.05) is 12.1 Å². The average Bonchev–Trinajstić information content (AvgIpc) is 2.20. The second-order valence-corrected chi connectivity index (χ2v) is 2.80. The van der Waals surface area contributed by atoms with Gasteiger partial charge in [-0.15, -0.1) is 5.56 Å². The van der Waals surface area contributed by atoms with Crippen LogP contribution in [0.3, 0.4) is 0 Å². The van der Waals surface area contributed by atoms with Gasteiger partial charge in [-0.2, -0.15) is 30.3 Å². The fourth-order valence-corrected chi connectivity index (χ4v) is 1.22. The van der Waals surface area contributed by atoms with Crippen LogP contribution in [0, 0.1) is 11.9 Å². The zero-order valence-electron chi connectivity index (χ0n) is 8.00. The summed E-state index contributed by atoms with van der Waals surface area (Å²) in [7, 11) is 0. The Morgan fingerprint density at radius 2 is 1.29 bits per heavy atom. The molecule has 0 saturated heterocycles. The van der Waals surface area contributed by atoms with Crippen LogP contribution in [0.4, 0.5) is 4.39 Å². The summed E-state index contributed by atoms with van der Waals surface area (Å²) in [5.74, 6) is -0.203. The molecule has 0 aliphatic rings. The molecule has 0 aliphatic carbocycles. The molecule has 2 aromatic carbocycles. The van der Waals surface area contributed by atoms with Crippen LogP contribution in [-0.4, -0.2) is 0 Å². The molecular weight excluding hydrogens is 170 g/mol. The molecule has 0 spiro atoms. The largest absolute Gasteiger partial charge is 1.00 e. The maximum atomic E-state index is 12.6. The zero-order chi connectivity index (χ0) is 9.10. The Labute approximate surface area is 95.0 Å². The van der Waals surface area contributed by atoms with E-state index in [4.69, 9.17) is 0 Å². The van der Waals surface area contributed by atoms with Crippen LogP contribution in [0.15, 0.2) is 48.5 Å². The predicted octanol–water partition coefficient (Wildman–Crippen LogP) is 0.297. The van der Waals surface area contributed by atoms with E-state index in [2.05, 4.69) is 6.07 Å². The standard InChI is InChI=1S/C12H8F.Li/c13-12-8-6-11(7-9-12)10-4-2-1-3-5-10;/h2-9H;/q-1;+1. The third kappa shape index (κ3) is 2.48. The van der Waals surface area contributed by atoms with Crippen LogP contribution in [0.25, 0.3) is 11.1 Å². The minimum Gasteiger partial charge on any atom is -0.207 e. The van der Waals surface area contributed by atoms with Gasteiger partial charge in [0.1, 0.15) is 5.82 Å². The molecule has 2 aromatic rings. The summed E-state index contributed by atoms with van der Waals surface area (Å²) in [6, 6.07) is 17.0. The Morgan fingerprint density at radius 1 is 0.786 bits per heavy atom. The van der Waals surface area contributed by atoms with Crippen molar-refractivity contribution in [2.24, 2.45) is 0 Å². The smallest absolute Gasteiger partial charge is 0.207 e. The van der Waals surface area contributed by atoms with Gasteiger partial charge in [0.25, 0.3) is 0 Å². The van der Waals surface area contributed by atoms with Gasteiger partial charge in [0.15, 0.2) is 0 Å². The Morgan fingerprint density at radius 3 is 1.86 bits per heavy atom. The van der Waals surface area contributed by atoms with E-state index in [1.807, 2.05) is 24.3 Å². The van der Waals surface area contributed by atoms with Gasteiger partial charge in [0.2, 0.25) is 0 Å². The molecule has 0 bridgehead atoms. The molecule has 0 heterocycles. The van der Waals surface area contributed by atoms with Gasteiger partial charge in [0, 0.05) is 0 Å². The molecule has 14 heavy (non-hydrogen) atoms. The van der Waals surface area contributed by atoms with E-state index in [0.717, 1.165) is 11.1 Å². The summed E-state index contributed by atoms with van der Waals surface area (Å²) < 4.78 is 12.6. The fourth-order valence-electron chi connectivity index (χ4n) is 1.22. The van der Waals surface area contributed by atoms with Crippen molar-refractivity contribution in [3.8, 4) is 11.1 Å². The van der Waals surface area contributed by atoms with Crippen LogP contribution >= 0.6 is 0 Å². The van der Waals surface area contributed by atoms with Gasteiger partial charge >= 0.3 is 18.9 Å². The maximum Gasteiger partial charge on any atom is 1.00 e. The van der Waals surface area contributed by atoms with Crippen molar-refractivity contribution in [3.05, 3.63) is 60.4 Å². The van der Waals surface area contributed by atoms with Gasteiger partial charge < -0.3 is 0 Å². The van der Waals surface area contributed by atoms with E-state index in [1.54, 1.807) is 12.1 Å². The summed E-state index contributed by atoms with van der Waals surface area (Å²) in [4.78, 5) is 0. The van der Waals surface area contributed by atoms with Crippen LogP contribution in [0.1, 0.15) is 0 Å². The number of hydrogen-bond donors (Lipinski definition) is 0. The van der Waals surface area contributed by atoms with Crippen LogP contribution in [0.5, 0.6) is 0 Å². The molecule has 64 valence electrons. The first kappa shape index (κ1) is 11.0. The van der Waals surface area contributed by atoms with E-state index in [-0.39, 0.29) is 24.7 Å². The molecule has 0 fully saturated rings. The molecule has 0 amide bonds. The Balaban J connectivity index is 0.000000980. The zero-order valence-corrected chi connectivity index (χ0v) is 8.00. The molecule has 2 rings (SSSR count). The minimum absolute atomic E-state index is 0. The summed E-state index contributed by atoms with van der Waals surface area (Å²) in [5.41, 5.74) is 2.11. The molecule has 0 aromatic heterocycles. The molecule has 2 heteroatoms. The van der Waals surface area contributed by atoms with E-state index < -0.39 is 0 Å². The van der Waals surface area contributed by atoms with Gasteiger partial charge in [0.05, 0.1) is 0 Å². The molecule has 0 N–H and O–H groups in total. The van der Waals surface area contributed by atoms with Crippen molar-refractivity contribution >= 4 is 0 Å². The summed E-state index contributed by atoms with van der Waals surface area (Å²) >= 11 is 0. The van der Waals surface area contributed by atoms with Crippen LogP contribution < -0.4 is 18.9 Å². The number of rotatable bonds is 1. The predicted molar refractivity (Wildman–Crippen MR) is 50.7 cm³/mol. The van der Waals surface area contributed by atoms with E-state index in [9.17, 15) is 4.39 Å². The van der Waals surface area contributed by atoms with E-state index in [0.29, 0.717) is 0 Å². The first-order valence-corrected chi connectivity index (χ1v) is 4.08.